The molecule has 0 radical (unpaired) electrons. The molecule has 0 unspecified atom stereocenters. The molecule has 1 amide bonds. The van der Waals surface area contributed by atoms with E-state index < -0.39 is 15.9 Å². The molecule has 2 heterocycles. The van der Waals surface area contributed by atoms with Gasteiger partial charge in [0.25, 0.3) is 5.91 Å². The van der Waals surface area contributed by atoms with E-state index in [1.165, 1.54) is 15.9 Å². The van der Waals surface area contributed by atoms with Crippen LogP contribution in [0.25, 0.3) is 0 Å². The summed E-state index contributed by atoms with van der Waals surface area (Å²) in [7, 11) is -3.80. The number of aryl methyl sites for hydroxylation is 1. The lowest BCUT2D eigenvalue weighted by molar-refractivity contribution is 0.102. The first-order chi connectivity index (χ1) is 14.9. The molecule has 3 aromatic rings. The Hall–Kier alpha value is -2.68. The van der Waals surface area contributed by atoms with Gasteiger partial charge in [0.15, 0.2) is 0 Å². The molecule has 0 spiro atoms. The maximum Gasteiger partial charge on any atom is 0.267 e. The van der Waals surface area contributed by atoms with Crippen molar-refractivity contribution in [1.29, 1.82) is 0 Å². The van der Waals surface area contributed by atoms with Gasteiger partial charge < -0.3 is 10.1 Å². The lowest BCUT2D eigenvalue weighted by atomic mass is 10.0. The Labute approximate surface area is 186 Å². The zero-order valence-corrected chi connectivity index (χ0v) is 19.1. The smallest absolute Gasteiger partial charge is 0.267 e. The van der Waals surface area contributed by atoms with E-state index in [0.29, 0.717) is 37.6 Å². The van der Waals surface area contributed by atoms with Crippen molar-refractivity contribution < 1.29 is 17.9 Å². The number of fused-ring (bicyclic) bond motifs is 1. The summed E-state index contributed by atoms with van der Waals surface area (Å²) < 4.78 is 33.8. The van der Waals surface area contributed by atoms with Gasteiger partial charge in [-0.2, -0.15) is 4.31 Å². The topological polar surface area (TPSA) is 75.7 Å². The lowest BCUT2D eigenvalue weighted by Gasteiger charge is -2.28. The number of hydrogen-bond acceptors (Lipinski definition) is 5. The largest absolute Gasteiger partial charge is 0.492 e. The Kier molecular flexibility index (Phi) is 6.13. The van der Waals surface area contributed by atoms with Crippen molar-refractivity contribution in [3.8, 4) is 5.75 Å². The molecule has 0 aliphatic carbocycles. The van der Waals surface area contributed by atoms with Crippen LogP contribution in [0.15, 0.2) is 58.8 Å². The standard InChI is InChI=1S/C23H24N2O4S2/c1-3-29-20-14-16(2)8-9-19(20)24-23(26)22-21(11-13-30-22)31(27,28)25-12-10-17-6-4-5-7-18(17)15-25/h4-9,11,13-14H,3,10,12,15H2,1-2H3,(H,24,26). The van der Waals surface area contributed by atoms with E-state index in [1.54, 1.807) is 11.4 Å². The second-order valence-corrected chi connectivity index (χ2v) is 10.2. The van der Waals surface area contributed by atoms with Gasteiger partial charge in [-0.3, -0.25) is 4.79 Å². The third kappa shape index (κ3) is 4.37. The third-order valence-corrected chi connectivity index (χ3v) is 8.16. The van der Waals surface area contributed by atoms with Crippen molar-refractivity contribution in [2.75, 3.05) is 18.5 Å². The first kappa shape index (κ1) is 21.5. The van der Waals surface area contributed by atoms with E-state index in [-0.39, 0.29) is 9.77 Å². The van der Waals surface area contributed by atoms with E-state index in [0.717, 1.165) is 22.5 Å². The number of nitrogens with zero attached hydrogens (tertiary/aromatic N) is 1. The monoisotopic (exact) mass is 456 g/mol. The third-order valence-electron chi connectivity index (χ3n) is 5.23. The van der Waals surface area contributed by atoms with Crippen LogP contribution < -0.4 is 10.1 Å². The van der Waals surface area contributed by atoms with Crippen LogP contribution in [0.5, 0.6) is 5.75 Å². The number of anilines is 1. The first-order valence-electron chi connectivity index (χ1n) is 10.1. The number of thiophene rings is 1. The Balaban J connectivity index is 1.60. The molecule has 31 heavy (non-hydrogen) atoms. The van der Waals surface area contributed by atoms with Gasteiger partial charge in [0.1, 0.15) is 15.5 Å². The van der Waals surface area contributed by atoms with Crippen LogP contribution in [0.3, 0.4) is 0 Å². The van der Waals surface area contributed by atoms with Crippen LogP contribution in [-0.4, -0.2) is 31.8 Å². The average molecular weight is 457 g/mol. The molecule has 0 saturated heterocycles. The van der Waals surface area contributed by atoms with Crippen LogP contribution in [0, 0.1) is 6.92 Å². The van der Waals surface area contributed by atoms with Crippen molar-refractivity contribution in [2.45, 2.75) is 31.7 Å². The number of sulfonamides is 1. The van der Waals surface area contributed by atoms with Crippen LogP contribution in [0.1, 0.15) is 33.3 Å². The number of benzene rings is 2. The van der Waals surface area contributed by atoms with Crippen molar-refractivity contribution >= 4 is 33.0 Å². The Bertz CT molecular complexity index is 1220. The molecular weight excluding hydrogens is 432 g/mol. The number of carbonyl (C=O) groups is 1. The summed E-state index contributed by atoms with van der Waals surface area (Å²) in [6.07, 6.45) is 0.655. The number of carbonyl (C=O) groups excluding carboxylic acids is 1. The zero-order chi connectivity index (χ0) is 22.0. The first-order valence-corrected chi connectivity index (χ1v) is 12.4. The van der Waals surface area contributed by atoms with E-state index in [2.05, 4.69) is 5.32 Å². The predicted octanol–water partition coefficient (Wildman–Crippen LogP) is 4.45. The fourth-order valence-corrected chi connectivity index (χ4v) is 6.38. The summed E-state index contributed by atoms with van der Waals surface area (Å²) in [5.74, 6) is 0.0974. The summed E-state index contributed by atoms with van der Waals surface area (Å²) in [4.78, 5) is 13.2. The number of amides is 1. The van der Waals surface area contributed by atoms with Gasteiger partial charge >= 0.3 is 0 Å². The van der Waals surface area contributed by atoms with E-state index in [1.807, 2.05) is 50.2 Å². The minimum atomic E-state index is -3.80. The van der Waals surface area contributed by atoms with Gasteiger partial charge in [0.2, 0.25) is 10.0 Å². The van der Waals surface area contributed by atoms with E-state index in [4.69, 9.17) is 4.74 Å². The number of hydrogen-bond donors (Lipinski definition) is 1. The molecule has 0 atom stereocenters. The summed E-state index contributed by atoms with van der Waals surface area (Å²) >= 11 is 1.12. The summed E-state index contributed by atoms with van der Waals surface area (Å²) in [5, 5.41) is 4.46. The lowest BCUT2D eigenvalue weighted by Crippen LogP contribution is -2.36. The summed E-state index contributed by atoms with van der Waals surface area (Å²) in [6, 6.07) is 14.8. The molecule has 2 aromatic carbocycles. The highest BCUT2D eigenvalue weighted by Crippen LogP contribution is 2.31. The maximum atomic E-state index is 13.4. The van der Waals surface area contributed by atoms with Crippen LogP contribution in [0.4, 0.5) is 5.69 Å². The highest BCUT2D eigenvalue weighted by molar-refractivity contribution is 7.89. The molecule has 6 nitrogen and oxygen atoms in total. The highest BCUT2D eigenvalue weighted by Gasteiger charge is 2.32. The molecule has 0 fully saturated rings. The van der Waals surface area contributed by atoms with E-state index in [9.17, 15) is 13.2 Å². The quantitative estimate of drug-likeness (QED) is 0.594. The molecule has 8 heteroatoms. The molecule has 0 saturated carbocycles. The molecule has 4 rings (SSSR count). The molecule has 162 valence electrons. The molecule has 1 N–H and O–H groups in total. The number of ether oxygens (including phenoxy) is 1. The van der Waals surface area contributed by atoms with Crippen LogP contribution >= 0.6 is 11.3 Å². The fourth-order valence-electron chi connectivity index (χ4n) is 3.67. The van der Waals surface area contributed by atoms with Gasteiger partial charge in [-0.15, -0.1) is 11.3 Å². The predicted molar refractivity (Wildman–Crippen MR) is 122 cm³/mol. The van der Waals surface area contributed by atoms with Gasteiger partial charge in [0.05, 0.1) is 12.3 Å². The SMILES string of the molecule is CCOc1cc(C)ccc1NC(=O)c1sccc1S(=O)(=O)N1CCc2ccccc2C1. The van der Waals surface area contributed by atoms with Crippen LogP contribution in [-0.2, 0) is 23.0 Å². The van der Waals surface area contributed by atoms with Crippen LogP contribution in [0.2, 0.25) is 0 Å². The zero-order valence-electron chi connectivity index (χ0n) is 17.4. The number of rotatable bonds is 6. The van der Waals surface area contributed by atoms with Crippen molar-refractivity contribution in [1.82, 2.24) is 4.31 Å². The summed E-state index contributed by atoms with van der Waals surface area (Å²) in [6.45, 7) is 4.97. The number of nitrogens with one attached hydrogen (secondary N) is 1. The van der Waals surface area contributed by atoms with E-state index >= 15 is 0 Å². The molecule has 1 aromatic heterocycles. The van der Waals surface area contributed by atoms with Gasteiger partial charge in [0, 0.05) is 13.1 Å². The summed E-state index contributed by atoms with van der Waals surface area (Å²) in [5.41, 5.74) is 3.69. The molecular formula is C23H24N2O4S2. The highest BCUT2D eigenvalue weighted by atomic mass is 32.2. The van der Waals surface area contributed by atoms with Gasteiger partial charge in [-0.1, -0.05) is 30.3 Å². The second-order valence-electron chi connectivity index (χ2n) is 7.36. The normalized spacial score (nSPS) is 14.1. The minimum Gasteiger partial charge on any atom is -0.492 e. The van der Waals surface area contributed by atoms with Crippen molar-refractivity contribution in [3.63, 3.8) is 0 Å². The molecule has 0 bridgehead atoms. The Morgan fingerprint density at radius 1 is 1.16 bits per heavy atom. The Morgan fingerprint density at radius 3 is 2.71 bits per heavy atom. The molecule has 1 aliphatic rings. The van der Waals surface area contributed by atoms with Gasteiger partial charge in [-0.25, -0.2) is 8.42 Å². The van der Waals surface area contributed by atoms with Crippen molar-refractivity contribution in [3.05, 3.63) is 75.5 Å². The maximum absolute atomic E-state index is 13.4. The second kappa shape index (κ2) is 8.82. The van der Waals surface area contributed by atoms with Crippen molar-refractivity contribution in [2.24, 2.45) is 0 Å². The van der Waals surface area contributed by atoms with Gasteiger partial charge in [-0.05, 0) is 60.5 Å². The minimum absolute atomic E-state index is 0.0412. The average Bonchev–Trinajstić information content (AvgIpc) is 3.26. The molecule has 1 aliphatic heterocycles. The fraction of sp³-hybridized carbons (Fsp3) is 0.261. The Morgan fingerprint density at radius 2 is 1.94 bits per heavy atom.